The zero-order chi connectivity index (χ0) is 13.5. The van der Waals surface area contributed by atoms with Crippen LogP contribution in [0.15, 0.2) is 18.2 Å². The molecule has 0 saturated heterocycles. The van der Waals surface area contributed by atoms with Crippen LogP contribution >= 0.6 is 0 Å². The first kappa shape index (κ1) is 14.3. The van der Waals surface area contributed by atoms with Crippen molar-refractivity contribution in [1.29, 1.82) is 0 Å². The number of phenols is 1. The molecule has 0 atom stereocenters. The number of carbonyl (C=O) groups excluding carboxylic acids is 1. The largest absolute Gasteiger partial charge is 0.506 e. The molecule has 1 aromatic rings. The minimum absolute atomic E-state index is 0.000446. The Labute approximate surface area is 107 Å². The summed E-state index contributed by atoms with van der Waals surface area (Å²) in [6, 6.07) is 5.11. The van der Waals surface area contributed by atoms with Crippen molar-refractivity contribution in [1.82, 2.24) is 5.32 Å². The molecule has 1 aromatic carbocycles. The average molecular weight is 252 g/mol. The van der Waals surface area contributed by atoms with Crippen molar-refractivity contribution in [2.24, 2.45) is 0 Å². The van der Waals surface area contributed by atoms with Gasteiger partial charge in [-0.25, -0.2) is 0 Å². The highest BCUT2D eigenvalue weighted by Gasteiger charge is 2.07. The molecule has 3 N–H and O–H groups in total. The van der Waals surface area contributed by atoms with E-state index in [1.54, 1.807) is 12.1 Å². The molecule has 0 heterocycles. The number of carbonyl (C=O) groups is 1. The molecular weight excluding hydrogens is 232 g/mol. The molecule has 0 aliphatic rings. The van der Waals surface area contributed by atoms with Gasteiger partial charge in [-0.2, -0.15) is 0 Å². The first-order chi connectivity index (χ1) is 8.52. The summed E-state index contributed by atoms with van der Waals surface area (Å²) in [6.07, 6.45) is 0.365. The van der Waals surface area contributed by atoms with Crippen LogP contribution in [-0.2, 0) is 4.79 Å². The maximum Gasteiger partial charge on any atom is 0.225 e. The molecule has 100 valence electrons. The fourth-order valence-electron chi connectivity index (χ4n) is 1.43. The molecule has 1 amide bonds. The minimum atomic E-state index is -0.136. The third-order valence-corrected chi connectivity index (χ3v) is 2.38. The number of benzene rings is 1. The summed E-state index contributed by atoms with van der Waals surface area (Å²) < 4.78 is 4.96. The second-order valence-electron chi connectivity index (χ2n) is 4.29. The van der Waals surface area contributed by atoms with E-state index in [4.69, 9.17) is 4.74 Å². The molecule has 0 aliphatic heterocycles. The van der Waals surface area contributed by atoms with Crippen LogP contribution in [0, 0.1) is 0 Å². The van der Waals surface area contributed by atoms with Crippen molar-refractivity contribution in [2.75, 3.05) is 19.0 Å². The zero-order valence-corrected chi connectivity index (χ0v) is 11.0. The van der Waals surface area contributed by atoms with Crippen molar-refractivity contribution in [3.05, 3.63) is 18.2 Å². The van der Waals surface area contributed by atoms with Crippen molar-refractivity contribution in [3.63, 3.8) is 0 Å². The van der Waals surface area contributed by atoms with E-state index >= 15 is 0 Å². The number of aromatic hydroxyl groups is 1. The summed E-state index contributed by atoms with van der Waals surface area (Å²) in [4.78, 5) is 11.6. The Morgan fingerprint density at radius 3 is 2.72 bits per heavy atom. The first-order valence-electron chi connectivity index (χ1n) is 5.93. The van der Waals surface area contributed by atoms with Gasteiger partial charge < -0.3 is 20.5 Å². The summed E-state index contributed by atoms with van der Waals surface area (Å²) in [5.41, 5.74) is 0.394. The molecule has 5 nitrogen and oxygen atoms in total. The lowest BCUT2D eigenvalue weighted by molar-refractivity contribution is -0.116. The molecule has 0 unspecified atom stereocenters. The number of hydrogen-bond donors (Lipinski definition) is 3. The predicted molar refractivity (Wildman–Crippen MR) is 71.0 cm³/mol. The van der Waals surface area contributed by atoms with Gasteiger partial charge in [-0.05, 0) is 12.1 Å². The van der Waals surface area contributed by atoms with E-state index in [-0.39, 0.29) is 11.7 Å². The third-order valence-electron chi connectivity index (χ3n) is 2.38. The highest BCUT2D eigenvalue weighted by atomic mass is 16.5. The lowest BCUT2D eigenvalue weighted by Crippen LogP contribution is -2.27. The molecule has 0 aliphatic carbocycles. The van der Waals surface area contributed by atoms with Crippen LogP contribution in [0.2, 0.25) is 0 Å². The highest BCUT2D eigenvalue weighted by Crippen LogP contribution is 2.27. The van der Waals surface area contributed by atoms with Gasteiger partial charge >= 0.3 is 0 Å². The maximum absolute atomic E-state index is 11.6. The molecule has 0 radical (unpaired) electrons. The summed E-state index contributed by atoms with van der Waals surface area (Å²) >= 11 is 0. The monoisotopic (exact) mass is 252 g/mol. The molecule has 5 heteroatoms. The van der Waals surface area contributed by atoms with Gasteiger partial charge in [0.25, 0.3) is 0 Å². The highest BCUT2D eigenvalue weighted by molar-refractivity contribution is 5.92. The summed E-state index contributed by atoms with van der Waals surface area (Å²) in [5.74, 6) is 0.412. The smallest absolute Gasteiger partial charge is 0.225 e. The molecule has 0 fully saturated rings. The Morgan fingerprint density at radius 1 is 1.44 bits per heavy atom. The predicted octanol–water partition coefficient (Wildman–Crippen LogP) is 1.73. The number of ether oxygens (including phenoxy) is 1. The standard InChI is InChI=1S/C13H20N2O3/c1-9(2)14-7-6-13(17)15-11-5-4-10(18-3)8-12(11)16/h4-5,8-9,14,16H,6-7H2,1-3H3,(H,15,17). The molecule has 0 bridgehead atoms. The van der Waals surface area contributed by atoms with E-state index in [1.807, 2.05) is 13.8 Å². The second-order valence-corrected chi connectivity index (χ2v) is 4.29. The van der Waals surface area contributed by atoms with Crippen LogP contribution < -0.4 is 15.4 Å². The number of methoxy groups -OCH3 is 1. The van der Waals surface area contributed by atoms with Crippen LogP contribution in [0.1, 0.15) is 20.3 Å². The molecule has 1 rings (SSSR count). The maximum atomic E-state index is 11.6. The van der Waals surface area contributed by atoms with Crippen molar-refractivity contribution in [2.45, 2.75) is 26.3 Å². The Balaban J connectivity index is 2.49. The minimum Gasteiger partial charge on any atom is -0.506 e. The van der Waals surface area contributed by atoms with E-state index in [2.05, 4.69) is 10.6 Å². The number of phenolic OH excluding ortho intramolecular Hbond substituents is 1. The topological polar surface area (TPSA) is 70.6 Å². The molecular formula is C13H20N2O3. The van der Waals surface area contributed by atoms with Crippen LogP contribution in [0.25, 0.3) is 0 Å². The fourth-order valence-corrected chi connectivity index (χ4v) is 1.43. The fraction of sp³-hybridized carbons (Fsp3) is 0.462. The molecule has 0 aromatic heterocycles. The average Bonchev–Trinajstić information content (AvgIpc) is 2.31. The van der Waals surface area contributed by atoms with E-state index < -0.39 is 0 Å². The van der Waals surface area contributed by atoms with E-state index in [0.717, 1.165) is 0 Å². The van der Waals surface area contributed by atoms with Gasteiger partial charge in [0.1, 0.15) is 11.5 Å². The number of amides is 1. The number of anilines is 1. The van der Waals surface area contributed by atoms with Gasteiger partial charge in [0.15, 0.2) is 0 Å². The summed E-state index contributed by atoms with van der Waals surface area (Å²) in [6.45, 7) is 4.65. The van der Waals surface area contributed by atoms with Gasteiger partial charge in [0.05, 0.1) is 12.8 Å². The van der Waals surface area contributed by atoms with Crippen LogP contribution in [0.5, 0.6) is 11.5 Å². The van der Waals surface area contributed by atoms with Crippen molar-refractivity contribution in [3.8, 4) is 11.5 Å². The lowest BCUT2D eigenvalue weighted by atomic mass is 10.2. The molecule has 0 saturated carbocycles. The Kier molecular flexibility index (Phi) is 5.45. The van der Waals surface area contributed by atoms with Gasteiger partial charge in [-0.1, -0.05) is 13.8 Å². The van der Waals surface area contributed by atoms with E-state index in [9.17, 15) is 9.90 Å². The van der Waals surface area contributed by atoms with Gasteiger partial charge in [0, 0.05) is 25.1 Å². The van der Waals surface area contributed by atoms with Crippen LogP contribution in [0.4, 0.5) is 5.69 Å². The normalized spacial score (nSPS) is 10.4. The molecule has 18 heavy (non-hydrogen) atoms. The van der Waals surface area contributed by atoms with E-state index in [0.29, 0.717) is 30.4 Å². The van der Waals surface area contributed by atoms with Crippen molar-refractivity contribution < 1.29 is 14.6 Å². The van der Waals surface area contributed by atoms with Crippen LogP contribution in [0.3, 0.4) is 0 Å². The Morgan fingerprint density at radius 2 is 2.17 bits per heavy atom. The second kappa shape index (κ2) is 6.86. The summed E-state index contributed by atoms with van der Waals surface area (Å²) in [7, 11) is 1.52. The zero-order valence-electron chi connectivity index (χ0n) is 11.0. The Hall–Kier alpha value is -1.75. The first-order valence-corrected chi connectivity index (χ1v) is 5.93. The summed E-state index contributed by atoms with van der Waals surface area (Å²) in [5, 5.41) is 15.5. The lowest BCUT2D eigenvalue weighted by Gasteiger charge is -2.10. The number of rotatable bonds is 6. The van der Waals surface area contributed by atoms with Crippen LogP contribution in [-0.4, -0.2) is 30.7 Å². The van der Waals surface area contributed by atoms with Gasteiger partial charge in [-0.15, -0.1) is 0 Å². The number of hydrogen-bond acceptors (Lipinski definition) is 4. The third kappa shape index (κ3) is 4.63. The number of nitrogens with one attached hydrogen (secondary N) is 2. The van der Waals surface area contributed by atoms with Gasteiger partial charge in [0.2, 0.25) is 5.91 Å². The van der Waals surface area contributed by atoms with Gasteiger partial charge in [-0.3, -0.25) is 4.79 Å². The van der Waals surface area contributed by atoms with Crippen molar-refractivity contribution >= 4 is 11.6 Å². The van der Waals surface area contributed by atoms with E-state index in [1.165, 1.54) is 13.2 Å². The SMILES string of the molecule is COc1ccc(NC(=O)CCNC(C)C)c(O)c1. The Bertz CT molecular complexity index is 405. The molecule has 0 spiro atoms. The quantitative estimate of drug-likeness (QED) is 0.674.